The number of nitrogens with zero attached hydrogens (tertiary/aromatic N) is 1. The number of carbonyl (C=O) groups is 2. The highest BCUT2D eigenvalue weighted by Gasteiger charge is 2.36. The number of amides is 1. The molecule has 24 heavy (non-hydrogen) atoms. The molecule has 0 radical (unpaired) electrons. The third kappa shape index (κ3) is 3.71. The van der Waals surface area contributed by atoms with Gasteiger partial charge in [0.1, 0.15) is 6.61 Å². The van der Waals surface area contributed by atoms with E-state index in [4.69, 9.17) is 27.9 Å². The van der Waals surface area contributed by atoms with Gasteiger partial charge in [-0.3, -0.25) is 9.59 Å². The van der Waals surface area contributed by atoms with Crippen molar-refractivity contribution in [3.63, 3.8) is 0 Å². The number of hydrogen-bond acceptors (Lipinski definition) is 3. The normalized spacial score (nSPS) is 17.2. The lowest BCUT2D eigenvalue weighted by molar-refractivity contribution is -0.149. The minimum atomic E-state index is -0.458. The number of esters is 1. The van der Waals surface area contributed by atoms with Crippen molar-refractivity contribution in [1.29, 1.82) is 0 Å². The smallest absolute Gasteiger partial charge is 0.311 e. The predicted molar refractivity (Wildman–Crippen MR) is 93.2 cm³/mol. The van der Waals surface area contributed by atoms with Gasteiger partial charge in [0.05, 0.1) is 16.0 Å². The molecule has 0 aliphatic carbocycles. The van der Waals surface area contributed by atoms with Crippen molar-refractivity contribution in [2.45, 2.75) is 13.0 Å². The Morgan fingerprint density at radius 3 is 2.58 bits per heavy atom. The van der Waals surface area contributed by atoms with E-state index < -0.39 is 5.92 Å². The molecule has 1 amide bonds. The van der Waals surface area contributed by atoms with Crippen LogP contribution in [0, 0.1) is 5.92 Å². The van der Waals surface area contributed by atoms with E-state index in [2.05, 4.69) is 0 Å². The third-order valence-electron chi connectivity index (χ3n) is 3.89. The molecule has 124 valence electrons. The molecule has 4 nitrogen and oxygen atoms in total. The predicted octanol–water partition coefficient (Wildman–Crippen LogP) is 4.09. The van der Waals surface area contributed by atoms with Crippen LogP contribution in [-0.2, 0) is 20.9 Å². The fourth-order valence-corrected chi connectivity index (χ4v) is 2.95. The second-order valence-corrected chi connectivity index (χ2v) is 6.41. The third-order valence-corrected chi connectivity index (χ3v) is 4.63. The zero-order chi connectivity index (χ0) is 17.1. The van der Waals surface area contributed by atoms with Gasteiger partial charge in [0.15, 0.2) is 0 Å². The Bertz CT molecular complexity index is 764. The maximum Gasteiger partial charge on any atom is 0.311 e. The van der Waals surface area contributed by atoms with Crippen molar-refractivity contribution in [3.05, 3.63) is 64.1 Å². The molecule has 0 aromatic heterocycles. The van der Waals surface area contributed by atoms with E-state index in [1.807, 2.05) is 30.3 Å². The highest BCUT2D eigenvalue weighted by Crippen LogP contribution is 2.26. The molecule has 0 unspecified atom stereocenters. The Kier molecular flexibility index (Phi) is 5.07. The van der Waals surface area contributed by atoms with Crippen LogP contribution in [0.3, 0.4) is 0 Å². The van der Waals surface area contributed by atoms with Crippen LogP contribution in [0.2, 0.25) is 10.0 Å². The van der Waals surface area contributed by atoms with Crippen molar-refractivity contribution in [2.24, 2.45) is 5.92 Å². The molecule has 6 heteroatoms. The number of halogens is 2. The van der Waals surface area contributed by atoms with Crippen molar-refractivity contribution < 1.29 is 14.3 Å². The van der Waals surface area contributed by atoms with Crippen LogP contribution in [0.1, 0.15) is 12.0 Å². The number of rotatable bonds is 4. The lowest BCUT2D eigenvalue weighted by Crippen LogP contribution is -2.26. The Morgan fingerprint density at radius 2 is 1.88 bits per heavy atom. The van der Waals surface area contributed by atoms with E-state index >= 15 is 0 Å². The summed E-state index contributed by atoms with van der Waals surface area (Å²) in [6, 6.07) is 14.4. The van der Waals surface area contributed by atoms with Gasteiger partial charge in [-0.05, 0) is 29.8 Å². The summed E-state index contributed by atoms with van der Waals surface area (Å²) in [4.78, 5) is 26.0. The van der Waals surface area contributed by atoms with E-state index in [0.29, 0.717) is 16.6 Å². The van der Waals surface area contributed by atoms with E-state index in [1.54, 1.807) is 23.1 Å². The van der Waals surface area contributed by atoms with Gasteiger partial charge in [-0.15, -0.1) is 0 Å². The van der Waals surface area contributed by atoms with E-state index in [-0.39, 0.29) is 24.9 Å². The molecule has 1 atom stereocenters. The maximum absolute atomic E-state index is 12.2. The quantitative estimate of drug-likeness (QED) is 0.768. The molecule has 2 aromatic rings. The van der Waals surface area contributed by atoms with Gasteiger partial charge in [-0.25, -0.2) is 0 Å². The lowest BCUT2D eigenvalue weighted by Gasteiger charge is -2.16. The van der Waals surface area contributed by atoms with Crippen LogP contribution < -0.4 is 4.90 Å². The minimum absolute atomic E-state index is 0.0716. The molecule has 3 rings (SSSR count). The zero-order valence-electron chi connectivity index (χ0n) is 12.7. The van der Waals surface area contributed by atoms with Gasteiger partial charge < -0.3 is 9.64 Å². The number of ether oxygens (including phenoxy) is 1. The molecular formula is C18H15Cl2NO3. The molecule has 1 saturated heterocycles. The summed E-state index contributed by atoms with van der Waals surface area (Å²) in [5, 5.41) is 0.864. The number of anilines is 1. The SMILES string of the molecule is O=C(OCc1ccc(Cl)c(Cl)c1)[C@H]1CC(=O)N(c2ccccc2)C1. The van der Waals surface area contributed by atoms with Crippen LogP contribution in [0.5, 0.6) is 0 Å². The van der Waals surface area contributed by atoms with E-state index in [0.717, 1.165) is 11.3 Å². The first-order valence-corrected chi connectivity index (χ1v) is 8.26. The van der Waals surface area contributed by atoms with Crippen LogP contribution in [0.15, 0.2) is 48.5 Å². The molecule has 1 fully saturated rings. The fourth-order valence-electron chi connectivity index (χ4n) is 2.62. The summed E-state index contributed by atoms with van der Waals surface area (Å²) >= 11 is 11.8. The largest absolute Gasteiger partial charge is 0.461 e. The molecule has 0 bridgehead atoms. The number of benzene rings is 2. The number of carbonyl (C=O) groups excluding carboxylic acids is 2. The summed E-state index contributed by atoms with van der Waals surface area (Å²) in [5.41, 5.74) is 1.55. The molecule has 0 saturated carbocycles. The van der Waals surface area contributed by atoms with Gasteiger partial charge in [0, 0.05) is 18.7 Å². The van der Waals surface area contributed by atoms with Crippen molar-refractivity contribution >= 4 is 40.8 Å². The Labute approximate surface area is 149 Å². The van der Waals surface area contributed by atoms with E-state index in [9.17, 15) is 9.59 Å². The van der Waals surface area contributed by atoms with Gasteiger partial charge in [-0.2, -0.15) is 0 Å². The van der Waals surface area contributed by atoms with Gasteiger partial charge >= 0.3 is 5.97 Å². The molecule has 1 aliphatic rings. The molecule has 1 aliphatic heterocycles. The first-order valence-electron chi connectivity index (χ1n) is 7.50. The Morgan fingerprint density at radius 1 is 1.12 bits per heavy atom. The summed E-state index contributed by atoms with van der Waals surface area (Å²) in [7, 11) is 0. The highest BCUT2D eigenvalue weighted by molar-refractivity contribution is 6.42. The summed E-state index contributed by atoms with van der Waals surface area (Å²) in [5.74, 6) is -0.911. The Hall–Kier alpha value is -2.04. The highest BCUT2D eigenvalue weighted by atomic mass is 35.5. The summed E-state index contributed by atoms with van der Waals surface area (Å²) < 4.78 is 5.32. The summed E-state index contributed by atoms with van der Waals surface area (Å²) in [6.07, 6.45) is 0.162. The number of para-hydroxylation sites is 1. The maximum atomic E-state index is 12.2. The van der Waals surface area contributed by atoms with Gasteiger partial charge in [0.2, 0.25) is 5.91 Å². The van der Waals surface area contributed by atoms with Crippen LogP contribution in [0.25, 0.3) is 0 Å². The lowest BCUT2D eigenvalue weighted by atomic mass is 10.1. The van der Waals surface area contributed by atoms with Crippen molar-refractivity contribution in [2.75, 3.05) is 11.4 Å². The summed E-state index contributed by atoms with van der Waals surface area (Å²) in [6.45, 7) is 0.439. The van der Waals surface area contributed by atoms with E-state index in [1.165, 1.54) is 0 Å². The van der Waals surface area contributed by atoms with Gasteiger partial charge in [-0.1, -0.05) is 47.5 Å². The average Bonchev–Trinajstić information content (AvgIpc) is 2.98. The van der Waals surface area contributed by atoms with Crippen molar-refractivity contribution in [3.8, 4) is 0 Å². The molecular weight excluding hydrogens is 349 g/mol. The van der Waals surface area contributed by atoms with Crippen LogP contribution in [0.4, 0.5) is 5.69 Å². The molecule has 1 heterocycles. The monoisotopic (exact) mass is 363 g/mol. The number of hydrogen-bond donors (Lipinski definition) is 0. The Balaban J connectivity index is 1.60. The zero-order valence-corrected chi connectivity index (χ0v) is 14.3. The first kappa shape index (κ1) is 16.8. The second-order valence-electron chi connectivity index (χ2n) is 5.60. The second kappa shape index (κ2) is 7.24. The van der Waals surface area contributed by atoms with Crippen LogP contribution >= 0.6 is 23.2 Å². The average molecular weight is 364 g/mol. The molecule has 0 spiro atoms. The van der Waals surface area contributed by atoms with Gasteiger partial charge in [0.25, 0.3) is 0 Å². The molecule has 0 N–H and O–H groups in total. The molecule has 2 aromatic carbocycles. The van der Waals surface area contributed by atoms with Crippen molar-refractivity contribution in [1.82, 2.24) is 0 Å². The minimum Gasteiger partial charge on any atom is -0.461 e. The first-order chi connectivity index (χ1) is 11.5. The topological polar surface area (TPSA) is 46.6 Å². The standard InChI is InChI=1S/C18H15Cl2NO3/c19-15-7-6-12(8-16(15)20)11-24-18(23)13-9-17(22)21(10-13)14-4-2-1-3-5-14/h1-8,13H,9-11H2/t13-/m0/s1. The van der Waals surface area contributed by atoms with Crippen LogP contribution in [-0.4, -0.2) is 18.4 Å². The fraction of sp³-hybridized carbons (Fsp3) is 0.222.